The van der Waals surface area contributed by atoms with Gasteiger partial charge in [-0.1, -0.05) is 66.7 Å². The fourth-order valence-electron chi connectivity index (χ4n) is 3.42. The van der Waals surface area contributed by atoms with Crippen molar-refractivity contribution >= 4 is 17.4 Å². The smallest absolute Gasteiger partial charge is 0.246 e. The quantitative estimate of drug-likeness (QED) is 0.581. The number of anilines is 1. The number of likely N-dealkylation sites (N-methyl/N-ethyl adjacent to an activating group) is 1. The second-order valence-electron chi connectivity index (χ2n) is 7.28. The monoisotopic (exact) mass is 386 g/mol. The molecule has 0 aliphatic rings. The summed E-state index contributed by atoms with van der Waals surface area (Å²) >= 11 is 0. The summed E-state index contributed by atoms with van der Waals surface area (Å²) in [6.45, 7) is 4.24. The fourth-order valence-corrected chi connectivity index (χ4v) is 3.42. The maximum atomic E-state index is 13.3. The SMILES string of the molecule is CC(=O)c1cccc(NC(=O)C(c2ccccc2)N(C)Cc2ccccc2C)c1. The minimum absolute atomic E-state index is 0.0302. The van der Waals surface area contributed by atoms with Crippen LogP contribution in [0.3, 0.4) is 0 Å². The predicted molar refractivity (Wildman–Crippen MR) is 117 cm³/mol. The van der Waals surface area contributed by atoms with Gasteiger partial charge in [0, 0.05) is 17.8 Å². The molecule has 4 heteroatoms. The van der Waals surface area contributed by atoms with Gasteiger partial charge in [0.2, 0.25) is 5.91 Å². The van der Waals surface area contributed by atoms with E-state index in [-0.39, 0.29) is 11.7 Å². The van der Waals surface area contributed by atoms with E-state index in [0.29, 0.717) is 17.8 Å². The number of rotatable bonds is 7. The van der Waals surface area contributed by atoms with Crippen LogP contribution in [0.25, 0.3) is 0 Å². The summed E-state index contributed by atoms with van der Waals surface area (Å²) in [5.74, 6) is -0.162. The molecule has 1 amide bonds. The molecule has 0 radical (unpaired) electrons. The molecule has 1 unspecified atom stereocenters. The first-order valence-electron chi connectivity index (χ1n) is 9.67. The van der Waals surface area contributed by atoms with Crippen molar-refractivity contribution in [1.82, 2.24) is 4.90 Å². The van der Waals surface area contributed by atoms with Gasteiger partial charge in [0.05, 0.1) is 0 Å². The summed E-state index contributed by atoms with van der Waals surface area (Å²) in [6, 6.07) is 24.5. The number of carbonyl (C=O) groups is 2. The summed E-state index contributed by atoms with van der Waals surface area (Å²) in [6.07, 6.45) is 0. The molecule has 0 aliphatic heterocycles. The standard InChI is InChI=1S/C25H26N2O2/c1-18-10-7-8-13-22(18)17-27(3)24(20-11-5-4-6-12-20)25(29)26-23-15-9-14-21(16-23)19(2)28/h4-16,24H,17H2,1-3H3,(H,26,29). The molecule has 3 rings (SSSR count). The third-order valence-corrected chi connectivity index (χ3v) is 5.02. The van der Waals surface area contributed by atoms with Gasteiger partial charge in [-0.3, -0.25) is 14.5 Å². The summed E-state index contributed by atoms with van der Waals surface area (Å²) in [7, 11) is 1.95. The van der Waals surface area contributed by atoms with Gasteiger partial charge >= 0.3 is 0 Å². The molecule has 29 heavy (non-hydrogen) atoms. The highest BCUT2D eigenvalue weighted by Crippen LogP contribution is 2.24. The van der Waals surface area contributed by atoms with Gasteiger partial charge in [0.25, 0.3) is 0 Å². The molecule has 0 bridgehead atoms. The third kappa shape index (κ3) is 5.18. The zero-order valence-corrected chi connectivity index (χ0v) is 17.1. The first kappa shape index (κ1) is 20.5. The number of nitrogens with one attached hydrogen (secondary N) is 1. The van der Waals surface area contributed by atoms with E-state index in [0.717, 1.165) is 5.56 Å². The van der Waals surface area contributed by atoms with E-state index >= 15 is 0 Å². The molecule has 0 spiro atoms. The molecule has 3 aromatic rings. The highest BCUT2D eigenvalue weighted by molar-refractivity contribution is 5.98. The van der Waals surface area contributed by atoms with Crippen LogP contribution in [0.5, 0.6) is 0 Å². The molecule has 3 aromatic carbocycles. The lowest BCUT2D eigenvalue weighted by Gasteiger charge is -2.28. The lowest BCUT2D eigenvalue weighted by atomic mass is 10.0. The Balaban J connectivity index is 1.87. The maximum Gasteiger partial charge on any atom is 0.246 e. The van der Waals surface area contributed by atoms with Crippen LogP contribution < -0.4 is 5.32 Å². The van der Waals surface area contributed by atoms with Crippen molar-refractivity contribution in [3.05, 3.63) is 101 Å². The average Bonchev–Trinajstić information content (AvgIpc) is 2.71. The molecule has 0 fully saturated rings. The van der Waals surface area contributed by atoms with Crippen LogP contribution >= 0.6 is 0 Å². The van der Waals surface area contributed by atoms with Crippen LogP contribution in [-0.2, 0) is 11.3 Å². The number of ketones is 1. The van der Waals surface area contributed by atoms with Crippen LogP contribution in [0.2, 0.25) is 0 Å². The summed E-state index contributed by atoms with van der Waals surface area (Å²) in [5, 5.41) is 2.98. The molecular formula is C25H26N2O2. The minimum atomic E-state index is -0.461. The molecule has 0 heterocycles. The van der Waals surface area contributed by atoms with Crippen molar-refractivity contribution in [2.24, 2.45) is 0 Å². The molecule has 0 aliphatic carbocycles. The topological polar surface area (TPSA) is 49.4 Å². The second-order valence-corrected chi connectivity index (χ2v) is 7.28. The van der Waals surface area contributed by atoms with Crippen LogP contribution in [0.15, 0.2) is 78.9 Å². The number of hydrogen-bond acceptors (Lipinski definition) is 3. The molecule has 0 saturated carbocycles. The predicted octanol–water partition coefficient (Wildman–Crippen LogP) is 5.01. The molecule has 0 saturated heterocycles. The zero-order valence-electron chi connectivity index (χ0n) is 17.1. The summed E-state index contributed by atoms with van der Waals surface area (Å²) < 4.78 is 0. The summed E-state index contributed by atoms with van der Waals surface area (Å²) in [4.78, 5) is 27.0. The Morgan fingerprint density at radius 3 is 2.31 bits per heavy atom. The number of aryl methyl sites for hydroxylation is 1. The zero-order chi connectivity index (χ0) is 20.8. The van der Waals surface area contributed by atoms with E-state index in [1.165, 1.54) is 18.1 Å². The van der Waals surface area contributed by atoms with Crippen molar-refractivity contribution in [1.29, 1.82) is 0 Å². The third-order valence-electron chi connectivity index (χ3n) is 5.02. The van der Waals surface area contributed by atoms with E-state index in [9.17, 15) is 9.59 Å². The normalized spacial score (nSPS) is 11.9. The Bertz CT molecular complexity index is 998. The second kappa shape index (κ2) is 9.30. The Morgan fingerprint density at radius 2 is 1.62 bits per heavy atom. The number of benzene rings is 3. The molecule has 148 valence electrons. The average molecular weight is 386 g/mol. The van der Waals surface area contributed by atoms with Crippen LogP contribution in [-0.4, -0.2) is 23.6 Å². The first-order valence-corrected chi connectivity index (χ1v) is 9.67. The van der Waals surface area contributed by atoms with Gasteiger partial charge in [-0.25, -0.2) is 0 Å². The van der Waals surface area contributed by atoms with Gasteiger partial charge < -0.3 is 5.32 Å². The van der Waals surface area contributed by atoms with E-state index < -0.39 is 6.04 Å². The minimum Gasteiger partial charge on any atom is -0.324 e. The molecule has 1 atom stereocenters. The largest absolute Gasteiger partial charge is 0.324 e. The van der Waals surface area contributed by atoms with Crippen molar-refractivity contribution in [3.8, 4) is 0 Å². The molecule has 4 nitrogen and oxygen atoms in total. The van der Waals surface area contributed by atoms with Gasteiger partial charge in [-0.15, -0.1) is 0 Å². The van der Waals surface area contributed by atoms with Crippen molar-refractivity contribution in [2.45, 2.75) is 26.4 Å². The maximum absolute atomic E-state index is 13.3. The Kier molecular flexibility index (Phi) is 6.57. The lowest BCUT2D eigenvalue weighted by molar-refractivity contribution is -0.121. The molecule has 1 N–H and O–H groups in total. The number of carbonyl (C=O) groups excluding carboxylic acids is 2. The van der Waals surface area contributed by atoms with Gasteiger partial charge in [-0.05, 0) is 49.7 Å². The van der Waals surface area contributed by atoms with Crippen LogP contribution in [0.1, 0.15) is 40.0 Å². The summed E-state index contributed by atoms with van der Waals surface area (Å²) in [5.41, 5.74) is 4.49. The fraction of sp³-hybridized carbons (Fsp3) is 0.200. The van der Waals surface area contributed by atoms with E-state index in [1.807, 2.05) is 54.4 Å². The van der Waals surface area contributed by atoms with E-state index in [1.54, 1.807) is 24.3 Å². The van der Waals surface area contributed by atoms with Crippen LogP contribution in [0.4, 0.5) is 5.69 Å². The van der Waals surface area contributed by atoms with Crippen molar-refractivity contribution in [2.75, 3.05) is 12.4 Å². The number of nitrogens with zero attached hydrogens (tertiary/aromatic N) is 1. The highest BCUT2D eigenvalue weighted by Gasteiger charge is 2.25. The van der Waals surface area contributed by atoms with Crippen molar-refractivity contribution in [3.63, 3.8) is 0 Å². The van der Waals surface area contributed by atoms with Gasteiger partial charge in [-0.2, -0.15) is 0 Å². The first-order chi connectivity index (χ1) is 14.0. The molecule has 0 aromatic heterocycles. The Labute approximate surface area is 172 Å². The highest BCUT2D eigenvalue weighted by atomic mass is 16.2. The van der Waals surface area contributed by atoms with Gasteiger partial charge in [0.15, 0.2) is 5.78 Å². The lowest BCUT2D eigenvalue weighted by Crippen LogP contribution is -2.34. The number of hydrogen-bond donors (Lipinski definition) is 1. The number of amides is 1. The van der Waals surface area contributed by atoms with Crippen molar-refractivity contribution < 1.29 is 9.59 Å². The number of Topliss-reactive ketones (excluding diaryl/α,β-unsaturated/α-hetero) is 1. The van der Waals surface area contributed by atoms with Gasteiger partial charge in [0.1, 0.15) is 6.04 Å². The Hall–Kier alpha value is -3.24. The van der Waals surface area contributed by atoms with E-state index in [2.05, 4.69) is 24.4 Å². The molecular weight excluding hydrogens is 360 g/mol. The van der Waals surface area contributed by atoms with E-state index in [4.69, 9.17) is 0 Å². The van der Waals surface area contributed by atoms with Crippen LogP contribution in [0, 0.1) is 6.92 Å². The Morgan fingerprint density at radius 1 is 0.931 bits per heavy atom.